The molecule has 1 aromatic heterocycles. The highest BCUT2D eigenvalue weighted by Gasteiger charge is 2.20. The monoisotopic (exact) mass is 192 g/mol. The molecule has 4 nitrogen and oxygen atoms in total. The van der Waals surface area contributed by atoms with Gasteiger partial charge >= 0.3 is 5.97 Å². The summed E-state index contributed by atoms with van der Waals surface area (Å²) in [4.78, 5) is 14.5. The molecule has 0 aromatic carbocycles. The van der Waals surface area contributed by atoms with Gasteiger partial charge in [-0.2, -0.15) is 0 Å². The molecule has 1 aliphatic rings. The molecule has 0 radical (unpaired) electrons. The number of hydrogen-bond donors (Lipinski definition) is 2. The van der Waals surface area contributed by atoms with Crippen molar-refractivity contribution in [3.63, 3.8) is 0 Å². The predicted octanol–water partition coefficient (Wildman–Crippen LogP) is 1.60. The largest absolute Gasteiger partial charge is 0.478 e. The highest BCUT2D eigenvalue weighted by molar-refractivity contribution is 5.88. The Labute approximate surface area is 82.0 Å². The first-order valence-corrected chi connectivity index (χ1v) is 4.68. The van der Waals surface area contributed by atoms with E-state index in [9.17, 15) is 4.79 Å². The lowest BCUT2D eigenvalue weighted by Crippen LogP contribution is -2.05. The van der Waals surface area contributed by atoms with Crippen LogP contribution in [0.2, 0.25) is 0 Å². The molecule has 14 heavy (non-hydrogen) atoms. The average molecular weight is 192 g/mol. The topological polar surface area (TPSA) is 62.2 Å². The van der Waals surface area contributed by atoms with Gasteiger partial charge in [-0.1, -0.05) is 0 Å². The van der Waals surface area contributed by atoms with Gasteiger partial charge in [0.25, 0.3) is 0 Å². The summed E-state index contributed by atoms with van der Waals surface area (Å²) in [5, 5.41) is 11.9. The van der Waals surface area contributed by atoms with E-state index in [2.05, 4.69) is 10.3 Å². The second-order valence-corrected chi connectivity index (χ2v) is 3.59. The molecule has 0 spiro atoms. The van der Waals surface area contributed by atoms with Crippen molar-refractivity contribution in [2.24, 2.45) is 5.92 Å². The van der Waals surface area contributed by atoms with Gasteiger partial charge in [0.15, 0.2) is 0 Å². The molecule has 2 rings (SSSR count). The molecular formula is C10H12N2O2. The fourth-order valence-corrected chi connectivity index (χ4v) is 1.24. The maximum atomic E-state index is 10.6. The Morgan fingerprint density at radius 1 is 1.57 bits per heavy atom. The van der Waals surface area contributed by atoms with E-state index in [0.29, 0.717) is 0 Å². The minimum atomic E-state index is -0.937. The van der Waals surface area contributed by atoms with E-state index in [4.69, 9.17) is 5.11 Å². The van der Waals surface area contributed by atoms with Gasteiger partial charge in [0.2, 0.25) is 0 Å². The number of anilines is 1. The molecule has 74 valence electrons. The summed E-state index contributed by atoms with van der Waals surface area (Å²) in [7, 11) is 0. The summed E-state index contributed by atoms with van der Waals surface area (Å²) in [5.41, 5.74) is 1.02. The van der Waals surface area contributed by atoms with Crippen molar-refractivity contribution in [1.82, 2.24) is 4.98 Å². The van der Waals surface area contributed by atoms with Crippen molar-refractivity contribution in [2.75, 3.05) is 11.9 Å². The van der Waals surface area contributed by atoms with Crippen molar-refractivity contribution in [1.29, 1.82) is 0 Å². The fourth-order valence-electron chi connectivity index (χ4n) is 1.24. The quantitative estimate of drug-likeness (QED) is 0.760. The first kappa shape index (κ1) is 8.99. The summed E-state index contributed by atoms with van der Waals surface area (Å²) >= 11 is 0. The standard InChI is InChI=1S/C10H12N2O2/c13-10(14)8-3-9(6-11-5-8)12-4-7-1-2-7/h3,5-7,12H,1-2,4H2,(H,13,14). The van der Waals surface area contributed by atoms with Crippen LogP contribution in [0.5, 0.6) is 0 Å². The third-order valence-corrected chi connectivity index (χ3v) is 2.28. The first-order chi connectivity index (χ1) is 6.75. The molecule has 2 N–H and O–H groups in total. The number of hydrogen-bond acceptors (Lipinski definition) is 3. The Morgan fingerprint density at radius 2 is 2.36 bits per heavy atom. The maximum Gasteiger partial charge on any atom is 0.337 e. The van der Waals surface area contributed by atoms with Gasteiger partial charge < -0.3 is 10.4 Å². The van der Waals surface area contributed by atoms with Gasteiger partial charge in [0, 0.05) is 18.9 Å². The molecule has 0 unspecified atom stereocenters. The third kappa shape index (κ3) is 2.22. The molecule has 1 fully saturated rings. The normalized spacial score (nSPS) is 15.1. The Balaban J connectivity index is 2.01. The molecule has 0 bridgehead atoms. The van der Waals surface area contributed by atoms with Gasteiger partial charge in [0.05, 0.1) is 11.3 Å². The van der Waals surface area contributed by atoms with Gasteiger partial charge in [-0.25, -0.2) is 4.79 Å². The smallest absolute Gasteiger partial charge is 0.337 e. The van der Waals surface area contributed by atoms with E-state index >= 15 is 0 Å². The fraction of sp³-hybridized carbons (Fsp3) is 0.400. The molecule has 0 atom stereocenters. The number of pyridine rings is 1. The maximum absolute atomic E-state index is 10.6. The number of nitrogens with zero attached hydrogens (tertiary/aromatic N) is 1. The Hall–Kier alpha value is -1.58. The summed E-state index contributed by atoms with van der Waals surface area (Å²) in [6, 6.07) is 1.61. The van der Waals surface area contributed by atoms with Gasteiger partial charge in [-0.15, -0.1) is 0 Å². The van der Waals surface area contributed by atoms with E-state index < -0.39 is 5.97 Å². The van der Waals surface area contributed by atoms with Gasteiger partial charge in [-0.3, -0.25) is 4.98 Å². The summed E-state index contributed by atoms with van der Waals surface area (Å²) in [6.07, 6.45) is 5.55. The number of carboxylic acid groups (broad SMARTS) is 1. The van der Waals surface area contributed by atoms with Crippen LogP contribution in [0.25, 0.3) is 0 Å². The number of nitrogens with one attached hydrogen (secondary N) is 1. The number of carbonyl (C=O) groups is 1. The second-order valence-electron chi connectivity index (χ2n) is 3.59. The van der Waals surface area contributed by atoms with Crippen LogP contribution < -0.4 is 5.32 Å². The highest BCUT2D eigenvalue weighted by atomic mass is 16.4. The van der Waals surface area contributed by atoms with Crippen molar-refractivity contribution in [3.05, 3.63) is 24.0 Å². The first-order valence-electron chi connectivity index (χ1n) is 4.68. The van der Waals surface area contributed by atoms with Crippen LogP contribution in [0.4, 0.5) is 5.69 Å². The van der Waals surface area contributed by atoms with Crippen molar-refractivity contribution >= 4 is 11.7 Å². The Morgan fingerprint density at radius 3 is 3.00 bits per heavy atom. The van der Waals surface area contributed by atoms with E-state index in [1.54, 1.807) is 12.3 Å². The lowest BCUT2D eigenvalue weighted by atomic mass is 10.2. The molecule has 0 amide bonds. The average Bonchev–Trinajstić information content (AvgIpc) is 2.99. The molecule has 0 aliphatic heterocycles. The highest BCUT2D eigenvalue weighted by Crippen LogP contribution is 2.28. The zero-order chi connectivity index (χ0) is 9.97. The minimum Gasteiger partial charge on any atom is -0.478 e. The molecule has 0 saturated heterocycles. The van der Waals surface area contributed by atoms with Crippen LogP contribution in [-0.2, 0) is 0 Å². The van der Waals surface area contributed by atoms with Crippen LogP contribution in [0.1, 0.15) is 23.2 Å². The molecule has 1 saturated carbocycles. The van der Waals surface area contributed by atoms with Gasteiger partial charge in [0.1, 0.15) is 0 Å². The molecule has 1 aliphatic carbocycles. The number of rotatable bonds is 4. The number of carboxylic acids is 1. The van der Waals surface area contributed by atoms with E-state index in [1.165, 1.54) is 19.0 Å². The predicted molar refractivity (Wildman–Crippen MR) is 52.4 cm³/mol. The van der Waals surface area contributed by atoms with Crippen LogP contribution >= 0.6 is 0 Å². The van der Waals surface area contributed by atoms with Crippen LogP contribution in [-0.4, -0.2) is 22.6 Å². The van der Waals surface area contributed by atoms with E-state index in [0.717, 1.165) is 18.2 Å². The summed E-state index contributed by atoms with van der Waals surface area (Å²) in [5.74, 6) is -0.170. The van der Waals surface area contributed by atoms with Crippen molar-refractivity contribution < 1.29 is 9.90 Å². The van der Waals surface area contributed by atoms with Crippen LogP contribution in [0.15, 0.2) is 18.5 Å². The van der Waals surface area contributed by atoms with Crippen molar-refractivity contribution in [2.45, 2.75) is 12.8 Å². The van der Waals surface area contributed by atoms with Crippen LogP contribution in [0, 0.1) is 5.92 Å². The number of aromatic carboxylic acids is 1. The molecule has 4 heteroatoms. The van der Waals surface area contributed by atoms with Crippen molar-refractivity contribution in [3.8, 4) is 0 Å². The second kappa shape index (κ2) is 3.65. The van der Waals surface area contributed by atoms with E-state index in [-0.39, 0.29) is 5.56 Å². The summed E-state index contributed by atoms with van der Waals surface area (Å²) in [6.45, 7) is 0.921. The zero-order valence-corrected chi connectivity index (χ0v) is 7.73. The number of aromatic nitrogens is 1. The lowest BCUT2D eigenvalue weighted by molar-refractivity contribution is 0.0696. The SMILES string of the molecule is O=C(O)c1cncc(NCC2CC2)c1. The molecule has 1 heterocycles. The van der Waals surface area contributed by atoms with Crippen LogP contribution in [0.3, 0.4) is 0 Å². The third-order valence-electron chi connectivity index (χ3n) is 2.28. The lowest BCUT2D eigenvalue weighted by Gasteiger charge is -2.04. The Kier molecular flexibility index (Phi) is 2.35. The molecular weight excluding hydrogens is 180 g/mol. The Bertz CT molecular complexity index is 348. The zero-order valence-electron chi connectivity index (χ0n) is 7.73. The summed E-state index contributed by atoms with van der Waals surface area (Å²) < 4.78 is 0. The van der Waals surface area contributed by atoms with E-state index in [1.807, 2.05) is 0 Å². The molecule has 1 aromatic rings. The van der Waals surface area contributed by atoms with Gasteiger partial charge in [-0.05, 0) is 24.8 Å². The minimum absolute atomic E-state index is 0.228.